The van der Waals surface area contributed by atoms with Crippen LogP contribution in [0.5, 0.6) is 0 Å². The Morgan fingerprint density at radius 1 is 1.09 bits per heavy atom. The Balaban J connectivity index is 1.87. The molecule has 1 aliphatic heterocycles. The van der Waals surface area contributed by atoms with Gasteiger partial charge in [0.15, 0.2) is 0 Å². The number of para-hydroxylation sites is 1. The van der Waals surface area contributed by atoms with Gasteiger partial charge in [0.25, 0.3) is 0 Å². The van der Waals surface area contributed by atoms with Crippen molar-refractivity contribution in [3.8, 4) is 0 Å². The quantitative estimate of drug-likeness (QED) is 0.658. The van der Waals surface area contributed by atoms with Gasteiger partial charge < -0.3 is 5.73 Å². The number of nitrogen functional groups attached to an aromatic ring is 1. The molecule has 23 heavy (non-hydrogen) atoms. The highest BCUT2D eigenvalue weighted by molar-refractivity contribution is 8.00. The van der Waals surface area contributed by atoms with Crippen LogP contribution in [0.2, 0.25) is 10.0 Å². The van der Waals surface area contributed by atoms with Crippen LogP contribution in [0.25, 0.3) is 0 Å². The van der Waals surface area contributed by atoms with Crippen molar-refractivity contribution in [3.63, 3.8) is 0 Å². The lowest BCUT2D eigenvalue weighted by atomic mass is 10.3. The number of nitrogens with zero attached hydrogens (tertiary/aromatic N) is 1. The van der Waals surface area contributed by atoms with E-state index in [0.717, 1.165) is 9.80 Å². The smallest absolute Gasteiger partial charge is 0.247 e. The molecule has 2 N–H and O–H groups in total. The van der Waals surface area contributed by atoms with E-state index in [1.165, 1.54) is 11.8 Å². The lowest BCUT2D eigenvalue weighted by Gasteiger charge is -2.16. The third kappa shape index (κ3) is 3.32. The van der Waals surface area contributed by atoms with Gasteiger partial charge in [0.2, 0.25) is 11.8 Å². The highest BCUT2D eigenvalue weighted by Gasteiger charge is 2.40. The Hall–Kier alpha value is -1.69. The molecule has 1 fully saturated rings. The second kappa shape index (κ2) is 6.43. The SMILES string of the molecule is Nc1ccccc1S[C@@H]1CC(=O)N(c2cc(Cl)cc(Cl)c2)C1=O. The Labute approximate surface area is 147 Å². The standard InChI is InChI=1S/C16H12Cl2N2O2S/c17-9-5-10(18)7-11(6-9)20-15(21)8-14(16(20)22)23-13-4-2-1-3-12(13)19/h1-7,14H,8,19H2/t14-/m1/s1. The first-order chi connectivity index (χ1) is 11.0. The van der Waals surface area contributed by atoms with Gasteiger partial charge >= 0.3 is 0 Å². The molecule has 7 heteroatoms. The monoisotopic (exact) mass is 366 g/mol. The van der Waals surface area contributed by atoms with Gasteiger partial charge in [-0.3, -0.25) is 9.59 Å². The Morgan fingerprint density at radius 3 is 2.39 bits per heavy atom. The molecule has 3 rings (SSSR count). The zero-order valence-electron chi connectivity index (χ0n) is 11.8. The minimum Gasteiger partial charge on any atom is -0.398 e. The molecular weight excluding hydrogens is 355 g/mol. The predicted molar refractivity (Wildman–Crippen MR) is 94.1 cm³/mol. The molecule has 118 valence electrons. The highest BCUT2D eigenvalue weighted by atomic mass is 35.5. The molecule has 0 spiro atoms. The van der Waals surface area contributed by atoms with Crippen molar-refractivity contribution in [1.82, 2.24) is 0 Å². The predicted octanol–water partition coefficient (Wildman–Crippen LogP) is 4.00. The van der Waals surface area contributed by atoms with Crippen molar-refractivity contribution in [2.75, 3.05) is 10.6 Å². The fourth-order valence-electron chi connectivity index (χ4n) is 2.38. The molecule has 1 aliphatic rings. The van der Waals surface area contributed by atoms with Gasteiger partial charge in [0.05, 0.1) is 10.9 Å². The van der Waals surface area contributed by atoms with Gasteiger partial charge in [0, 0.05) is 27.0 Å². The number of benzene rings is 2. The molecule has 0 radical (unpaired) electrons. The number of rotatable bonds is 3. The first-order valence-corrected chi connectivity index (χ1v) is 8.43. The third-order valence-corrected chi connectivity index (χ3v) is 5.11. The lowest BCUT2D eigenvalue weighted by molar-refractivity contribution is -0.121. The van der Waals surface area contributed by atoms with E-state index in [2.05, 4.69) is 0 Å². The van der Waals surface area contributed by atoms with Crippen LogP contribution in [0.4, 0.5) is 11.4 Å². The summed E-state index contributed by atoms with van der Waals surface area (Å²) in [4.78, 5) is 26.8. The van der Waals surface area contributed by atoms with E-state index in [0.29, 0.717) is 21.4 Å². The zero-order valence-corrected chi connectivity index (χ0v) is 14.2. The largest absolute Gasteiger partial charge is 0.398 e. The van der Waals surface area contributed by atoms with E-state index in [1.54, 1.807) is 24.3 Å². The summed E-state index contributed by atoms with van der Waals surface area (Å²) in [5, 5.41) is 0.234. The number of halogens is 2. The molecule has 0 aromatic heterocycles. The van der Waals surface area contributed by atoms with Crippen molar-refractivity contribution >= 4 is 58.2 Å². The van der Waals surface area contributed by atoms with Gasteiger partial charge in [0.1, 0.15) is 0 Å². The van der Waals surface area contributed by atoms with Gasteiger partial charge in [-0.25, -0.2) is 4.90 Å². The summed E-state index contributed by atoms with van der Waals surface area (Å²) < 4.78 is 0. The number of nitrogens with two attached hydrogens (primary N) is 1. The number of imide groups is 1. The molecule has 0 bridgehead atoms. The summed E-state index contributed by atoms with van der Waals surface area (Å²) in [6.45, 7) is 0. The van der Waals surface area contributed by atoms with Crippen LogP contribution in [-0.4, -0.2) is 17.1 Å². The number of amides is 2. The second-order valence-electron chi connectivity index (χ2n) is 5.04. The van der Waals surface area contributed by atoms with Crippen molar-refractivity contribution in [3.05, 3.63) is 52.5 Å². The van der Waals surface area contributed by atoms with Gasteiger partial charge in [-0.2, -0.15) is 0 Å². The summed E-state index contributed by atoms with van der Waals surface area (Å²) >= 11 is 13.2. The Kier molecular flexibility index (Phi) is 4.53. The van der Waals surface area contributed by atoms with Gasteiger partial charge in [-0.05, 0) is 30.3 Å². The van der Waals surface area contributed by atoms with Crippen molar-refractivity contribution in [2.24, 2.45) is 0 Å². The molecule has 0 aliphatic carbocycles. The number of hydrogen-bond donors (Lipinski definition) is 1. The van der Waals surface area contributed by atoms with Gasteiger partial charge in [-0.15, -0.1) is 11.8 Å². The minimum atomic E-state index is -0.509. The number of anilines is 2. The van der Waals surface area contributed by atoms with E-state index < -0.39 is 5.25 Å². The van der Waals surface area contributed by atoms with E-state index in [-0.39, 0.29) is 18.2 Å². The third-order valence-electron chi connectivity index (χ3n) is 3.40. The molecule has 0 unspecified atom stereocenters. The number of thioether (sulfide) groups is 1. The van der Waals surface area contributed by atoms with Crippen molar-refractivity contribution < 1.29 is 9.59 Å². The summed E-state index contributed by atoms with van der Waals surface area (Å²) in [5.74, 6) is -0.568. The fourth-order valence-corrected chi connectivity index (χ4v) is 3.99. The Bertz CT molecular complexity index is 777. The molecule has 2 amide bonds. The maximum absolute atomic E-state index is 12.6. The topological polar surface area (TPSA) is 63.4 Å². The highest BCUT2D eigenvalue weighted by Crippen LogP contribution is 2.37. The molecule has 4 nitrogen and oxygen atoms in total. The average molecular weight is 367 g/mol. The molecular formula is C16H12Cl2N2O2S. The molecule has 1 saturated heterocycles. The summed E-state index contributed by atoms with van der Waals surface area (Å²) in [6, 6.07) is 11.9. The maximum Gasteiger partial charge on any atom is 0.247 e. The van der Waals surface area contributed by atoms with E-state index in [9.17, 15) is 9.59 Å². The normalized spacial score (nSPS) is 17.8. The Morgan fingerprint density at radius 2 is 1.74 bits per heavy atom. The molecule has 2 aromatic carbocycles. The van der Waals surface area contributed by atoms with Crippen molar-refractivity contribution in [1.29, 1.82) is 0 Å². The van der Waals surface area contributed by atoms with Crippen LogP contribution >= 0.6 is 35.0 Å². The van der Waals surface area contributed by atoms with Crippen LogP contribution in [0.1, 0.15) is 6.42 Å². The van der Waals surface area contributed by atoms with Crippen LogP contribution < -0.4 is 10.6 Å². The summed E-state index contributed by atoms with van der Waals surface area (Å²) in [5.41, 5.74) is 6.87. The molecule has 1 heterocycles. The first kappa shape index (κ1) is 16.2. The number of hydrogen-bond acceptors (Lipinski definition) is 4. The lowest BCUT2D eigenvalue weighted by Crippen LogP contribution is -2.31. The molecule has 1 atom stereocenters. The average Bonchev–Trinajstić information content (AvgIpc) is 2.75. The van der Waals surface area contributed by atoms with E-state index >= 15 is 0 Å². The van der Waals surface area contributed by atoms with Crippen LogP contribution in [-0.2, 0) is 9.59 Å². The van der Waals surface area contributed by atoms with Crippen LogP contribution in [0, 0.1) is 0 Å². The van der Waals surface area contributed by atoms with Gasteiger partial charge in [-0.1, -0.05) is 35.3 Å². The van der Waals surface area contributed by atoms with Crippen molar-refractivity contribution in [2.45, 2.75) is 16.6 Å². The van der Waals surface area contributed by atoms with E-state index in [1.807, 2.05) is 18.2 Å². The first-order valence-electron chi connectivity index (χ1n) is 6.80. The zero-order chi connectivity index (χ0) is 16.6. The number of carbonyl (C=O) groups excluding carboxylic acids is 2. The fraction of sp³-hybridized carbons (Fsp3) is 0.125. The molecule has 2 aromatic rings. The second-order valence-corrected chi connectivity index (χ2v) is 7.16. The maximum atomic E-state index is 12.6. The summed E-state index contributed by atoms with van der Waals surface area (Å²) in [6.07, 6.45) is 0.113. The van der Waals surface area contributed by atoms with Crippen LogP contribution in [0.3, 0.4) is 0 Å². The minimum absolute atomic E-state index is 0.113. The number of carbonyl (C=O) groups is 2. The van der Waals surface area contributed by atoms with E-state index in [4.69, 9.17) is 28.9 Å². The summed E-state index contributed by atoms with van der Waals surface area (Å²) in [7, 11) is 0. The molecule has 0 saturated carbocycles. The van der Waals surface area contributed by atoms with Crippen LogP contribution in [0.15, 0.2) is 47.4 Å².